The predicted molar refractivity (Wildman–Crippen MR) is 135 cm³/mol. The van der Waals surface area contributed by atoms with E-state index in [4.69, 9.17) is 10.5 Å². The Kier molecular flexibility index (Phi) is 3.77. The van der Waals surface area contributed by atoms with Crippen LogP contribution in [-0.2, 0) is 30.1 Å². The van der Waals surface area contributed by atoms with Crippen LogP contribution in [0.3, 0.4) is 0 Å². The first kappa shape index (κ1) is 20.0. The van der Waals surface area contributed by atoms with Crippen molar-refractivity contribution >= 4 is 43.6 Å². The molecule has 0 saturated carbocycles. The van der Waals surface area contributed by atoms with Crippen molar-refractivity contribution in [2.24, 2.45) is 11.7 Å². The molecule has 34 heavy (non-hydrogen) atoms. The molecule has 3 aromatic carbocycles. The lowest BCUT2D eigenvalue weighted by Gasteiger charge is -2.47. The summed E-state index contributed by atoms with van der Waals surface area (Å²) in [5, 5.41) is 18.7. The summed E-state index contributed by atoms with van der Waals surface area (Å²) in [6, 6.07) is 19.6. The Labute approximate surface area is 197 Å². The van der Waals surface area contributed by atoms with Gasteiger partial charge in [-0.15, -0.1) is 0 Å². The number of benzene rings is 3. The van der Waals surface area contributed by atoms with E-state index in [2.05, 4.69) is 76.0 Å². The number of hydrogen-bond donors (Lipinski definition) is 2. The number of aromatic nitrogens is 2. The molecule has 2 aliphatic rings. The van der Waals surface area contributed by atoms with E-state index in [-0.39, 0.29) is 0 Å². The molecule has 3 N–H and O–H groups in total. The molecule has 0 amide bonds. The molecule has 0 bridgehead atoms. The quantitative estimate of drug-likeness (QED) is 0.410. The van der Waals surface area contributed by atoms with Gasteiger partial charge in [-0.25, -0.2) is 0 Å². The number of fused-ring (bicyclic) bond motifs is 9. The summed E-state index contributed by atoms with van der Waals surface area (Å²) >= 11 is 0. The Bertz CT molecular complexity index is 1720. The molecule has 7 rings (SSSR count). The molecule has 2 unspecified atom stereocenters. The lowest BCUT2D eigenvalue weighted by atomic mass is 9.77. The summed E-state index contributed by atoms with van der Waals surface area (Å²) in [7, 11) is 1.72. The van der Waals surface area contributed by atoms with Gasteiger partial charge in [-0.2, -0.15) is 5.26 Å². The number of nitriles is 1. The van der Waals surface area contributed by atoms with Crippen molar-refractivity contribution in [1.82, 2.24) is 14.5 Å². The summed E-state index contributed by atoms with van der Waals surface area (Å²) < 4.78 is 11.0. The fourth-order valence-electron chi connectivity index (χ4n) is 6.79. The highest BCUT2D eigenvalue weighted by molar-refractivity contribution is 6.25. The highest BCUT2D eigenvalue weighted by Crippen LogP contribution is 2.51. The van der Waals surface area contributed by atoms with Gasteiger partial charge in [0, 0.05) is 53.8 Å². The third-order valence-corrected chi connectivity index (χ3v) is 8.72. The topological polar surface area (TPSA) is 80.9 Å². The second-order valence-corrected chi connectivity index (χ2v) is 10.0. The molecular formula is C28H27N5O. The van der Waals surface area contributed by atoms with Gasteiger partial charge in [0.25, 0.3) is 0 Å². The van der Waals surface area contributed by atoms with Gasteiger partial charge in [0.1, 0.15) is 0 Å². The molecule has 170 valence electrons. The van der Waals surface area contributed by atoms with Crippen LogP contribution in [0.1, 0.15) is 25.0 Å². The van der Waals surface area contributed by atoms with Crippen LogP contribution >= 0.6 is 0 Å². The number of hydrogen-bond acceptors (Lipinski definition) is 4. The number of nitrogens with one attached hydrogen (secondary N) is 1. The smallest absolute Gasteiger partial charge is 0.163 e. The highest BCUT2D eigenvalue weighted by Gasteiger charge is 2.55. The fraction of sp³-hybridized carbons (Fsp3) is 0.321. The zero-order valence-corrected chi connectivity index (χ0v) is 19.6. The van der Waals surface area contributed by atoms with Crippen LogP contribution in [0.5, 0.6) is 0 Å². The van der Waals surface area contributed by atoms with Crippen LogP contribution in [-0.4, -0.2) is 21.8 Å². The monoisotopic (exact) mass is 449 g/mol. The van der Waals surface area contributed by atoms with E-state index in [1.807, 2.05) is 6.92 Å². The van der Waals surface area contributed by atoms with E-state index in [9.17, 15) is 5.26 Å². The Morgan fingerprint density at radius 1 is 1.00 bits per heavy atom. The minimum Gasteiger partial charge on any atom is -0.357 e. The van der Waals surface area contributed by atoms with E-state index < -0.39 is 17.2 Å². The number of rotatable bonds is 2. The number of nitrogens with zero attached hydrogens (tertiary/aromatic N) is 3. The van der Waals surface area contributed by atoms with Crippen molar-refractivity contribution in [1.29, 1.82) is 5.26 Å². The molecule has 6 heteroatoms. The molecule has 2 aliphatic heterocycles. The Hall–Kier alpha value is -3.37. The molecule has 0 aliphatic carbocycles. The molecule has 5 aromatic rings. The van der Waals surface area contributed by atoms with Crippen molar-refractivity contribution in [3.05, 3.63) is 59.7 Å². The van der Waals surface area contributed by atoms with E-state index in [0.29, 0.717) is 6.54 Å². The Balaban J connectivity index is 1.86. The van der Waals surface area contributed by atoms with Crippen molar-refractivity contribution in [3.63, 3.8) is 0 Å². The first-order valence-corrected chi connectivity index (χ1v) is 11.9. The standard InChI is InChI=1S/C28H27N5O/c1-16(12-29)28(30)15-32-21-10-6-4-8-17(21)23-19-13-31-14-20(19)24-18-9-5-7-11-22(18)33(26(24)25(23)32)27(28,2)34-3/h4-11,16,31H,13-15,30H2,1-3H3/t16?,27?,28-/m0/s1. The number of para-hydroxylation sites is 2. The van der Waals surface area contributed by atoms with Gasteiger partial charge in [-0.3, -0.25) is 0 Å². The van der Waals surface area contributed by atoms with E-state index in [0.717, 1.165) is 29.6 Å². The van der Waals surface area contributed by atoms with Gasteiger partial charge in [-0.05, 0) is 37.1 Å². The van der Waals surface area contributed by atoms with Crippen LogP contribution in [0, 0.1) is 17.2 Å². The maximum absolute atomic E-state index is 10.1. The molecule has 0 fully saturated rings. The van der Waals surface area contributed by atoms with Crippen LogP contribution in [0.2, 0.25) is 0 Å². The molecule has 0 spiro atoms. The maximum atomic E-state index is 10.1. The lowest BCUT2D eigenvalue weighted by molar-refractivity contribution is -0.131. The first-order chi connectivity index (χ1) is 16.5. The Morgan fingerprint density at radius 3 is 2.24 bits per heavy atom. The van der Waals surface area contributed by atoms with Crippen LogP contribution < -0.4 is 11.1 Å². The molecule has 2 aromatic heterocycles. The van der Waals surface area contributed by atoms with Crippen LogP contribution in [0.4, 0.5) is 0 Å². The second-order valence-electron chi connectivity index (χ2n) is 10.0. The SMILES string of the molecule is COC1(C)n2c3ccccc3c3c4c(c5c6ccccc6n(c5c32)C[C@]1(N)C(C)C#N)CNC4. The third-order valence-electron chi connectivity index (χ3n) is 8.72. The third kappa shape index (κ3) is 2.04. The van der Waals surface area contributed by atoms with Crippen LogP contribution in [0.15, 0.2) is 48.5 Å². The normalized spacial score (nSPS) is 24.8. The second kappa shape index (κ2) is 6.39. The lowest BCUT2D eigenvalue weighted by Crippen LogP contribution is -2.65. The summed E-state index contributed by atoms with van der Waals surface area (Å²) in [4.78, 5) is 0. The van der Waals surface area contributed by atoms with E-state index in [1.54, 1.807) is 7.11 Å². The molecule has 0 radical (unpaired) electrons. The van der Waals surface area contributed by atoms with Gasteiger partial charge in [0.15, 0.2) is 5.72 Å². The average molecular weight is 450 g/mol. The van der Waals surface area contributed by atoms with Gasteiger partial charge in [-0.1, -0.05) is 36.4 Å². The Morgan fingerprint density at radius 2 is 1.59 bits per heavy atom. The summed E-state index contributed by atoms with van der Waals surface area (Å²) in [5.41, 5.74) is 12.7. The zero-order valence-electron chi connectivity index (χ0n) is 19.6. The predicted octanol–water partition coefficient (Wildman–Crippen LogP) is 4.70. The van der Waals surface area contributed by atoms with Crippen molar-refractivity contribution in [2.45, 2.75) is 44.7 Å². The summed E-state index contributed by atoms with van der Waals surface area (Å²) in [5.74, 6) is -0.451. The summed E-state index contributed by atoms with van der Waals surface area (Å²) in [6.07, 6.45) is 0. The minimum absolute atomic E-state index is 0.451. The first-order valence-electron chi connectivity index (χ1n) is 11.9. The van der Waals surface area contributed by atoms with Gasteiger partial charge in [0.05, 0.1) is 34.1 Å². The van der Waals surface area contributed by atoms with E-state index in [1.165, 1.54) is 38.2 Å². The van der Waals surface area contributed by atoms with Crippen molar-refractivity contribution in [2.75, 3.05) is 7.11 Å². The number of ether oxygens (including phenoxy) is 1. The largest absolute Gasteiger partial charge is 0.357 e. The average Bonchev–Trinajstić information content (AvgIpc) is 3.54. The number of nitrogens with two attached hydrogens (primary N) is 1. The molecule has 0 saturated heterocycles. The number of methoxy groups -OCH3 is 1. The minimum atomic E-state index is -0.984. The molecule has 4 heterocycles. The highest BCUT2D eigenvalue weighted by atomic mass is 16.5. The zero-order chi connectivity index (χ0) is 23.4. The van der Waals surface area contributed by atoms with Gasteiger partial charge >= 0.3 is 0 Å². The summed E-state index contributed by atoms with van der Waals surface area (Å²) in [6.45, 7) is 6.13. The molecule has 6 nitrogen and oxygen atoms in total. The van der Waals surface area contributed by atoms with Gasteiger partial charge in [0.2, 0.25) is 0 Å². The maximum Gasteiger partial charge on any atom is 0.163 e. The van der Waals surface area contributed by atoms with Crippen LogP contribution in [0.25, 0.3) is 43.6 Å². The fourth-order valence-corrected chi connectivity index (χ4v) is 6.79. The van der Waals surface area contributed by atoms with Gasteiger partial charge < -0.3 is 24.9 Å². The van der Waals surface area contributed by atoms with Crippen molar-refractivity contribution in [3.8, 4) is 6.07 Å². The molecular weight excluding hydrogens is 422 g/mol. The molecule has 3 atom stereocenters. The van der Waals surface area contributed by atoms with Crippen molar-refractivity contribution < 1.29 is 4.74 Å². The van der Waals surface area contributed by atoms with E-state index >= 15 is 0 Å².